The summed E-state index contributed by atoms with van der Waals surface area (Å²) < 4.78 is 5.30. The zero-order valence-electron chi connectivity index (χ0n) is 10.8. The summed E-state index contributed by atoms with van der Waals surface area (Å²) in [7, 11) is 1.71. The number of ether oxygens (including phenoxy) is 1. The van der Waals surface area contributed by atoms with Crippen molar-refractivity contribution in [1.29, 1.82) is 0 Å². The number of rotatable bonds is 2. The second-order valence-electron chi connectivity index (χ2n) is 4.76. The van der Waals surface area contributed by atoms with E-state index in [1.165, 1.54) is 16.7 Å². The largest absolute Gasteiger partial charge is 0.497 e. The predicted molar refractivity (Wildman–Crippen MR) is 78.0 cm³/mol. The summed E-state index contributed by atoms with van der Waals surface area (Å²) in [6.07, 6.45) is 1.03. The Morgan fingerprint density at radius 1 is 1.21 bits per heavy atom. The average molecular weight is 274 g/mol. The van der Waals surface area contributed by atoms with E-state index >= 15 is 0 Å². The van der Waals surface area contributed by atoms with Gasteiger partial charge in [0.2, 0.25) is 0 Å². The van der Waals surface area contributed by atoms with Crippen LogP contribution in [0.5, 0.6) is 5.75 Å². The zero-order valence-corrected chi connectivity index (χ0v) is 11.6. The van der Waals surface area contributed by atoms with Crippen molar-refractivity contribution < 1.29 is 4.74 Å². The van der Waals surface area contributed by atoms with Gasteiger partial charge in [0.1, 0.15) is 5.75 Å². The van der Waals surface area contributed by atoms with E-state index < -0.39 is 0 Å². The molecule has 0 bridgehead atoms. The molecule has 3 heteroatoms. The van der Waals surface area contributed by atoms with Crippen molar-refractivity contribution in [3.05, 3.63) is 64.2 Å². The highest BCUT2D eigenvalue weighted by Gasteiger charge is 2.21. The lowest BCUT2D eigenvalue weighted by Gasteiger charge is -2.27. The standard InChI is InChI=1S/C16H16ClNO/c1-19-14-5-6-15-11(10-14)7-8-18-16(15)12-3-2-4-13(17)9-12/h2-6,9-10,16,18H,7-8H2,1H3. The van der Waals surface area contributed by atoms with Crippen LogP contribution in [0.25, 0.3) is 0 Å². The number of hydrogen-bond acceptors (Lipinski definition) is 2. The molecule has 2 aromatic carbocycles. The molecule has 0 aliphatic carbocycles. The van der Waals surface area contributed by atoms with Crippen LogP contribution in [0.15, 0.2) is 42.5 Å². The van der Waals surface area contributed by atoms with Gasteiger partial charge in [0.15, 0.2) is 0 Å². The Morgan fingerprint density at radius 2 is 2.11 bits per heavy atom. The third-order valence-electron chi connectivity index (χ3n) is 3.59. The molecule has 1 heterocycles. The first-order valence-electron chi connectivity index (χ1n) is 6.43. The summed E-state index contributed by atoms with van der Waals surface area (Å²) in [5, 5.41) is 4.33. The highest BCUT2D eigenvalue weighted by Crippen LogP contribution is 2.31. The van der Waals surface area contributed by atoms with E-state index in [1.54, 1.807) is 7.11 Å². The first kappa shape index (κ1) is 12.5. The molecule has 0 fully saturated rings. The van der Waals surface area contributed by atoms with Gasteiger partial charge in [0, 0.05) is 11.6 Å². The van der Waals surface area contributed by atoms with E-state index in [4.69, 9.17) is 16.3 Å². The van der Waals surface area contributed by atoms with E-state index in [-0.39, 0.29) is 6.04 Å². The Kier molecular flexibility index (Phi) is 3.45. The van der Waals surface area contributed by atoms with Crippen LogP contribution in [0.1, 0.15) is 22.7 Å². The van der Waals surface area contributed by atoms with E-state index in [9.17, 15) is 0 Å². The van der Waals surface area contributed by atoms with Crippen LogP contribution in [-0.4, -0.2) is 13.7 Å². The van der Waals surface area contributed by atoms with Crippen molar-refractivity contribution in [2.45, 2.75) is 12.5 Å². The lowest BCUT2D eigenvalue weighted by atomic mass is 9.90. The van der Waals surface area contributed by atoms with Gasteiger partial charge in [0.25, 0.3) is 0 Å². The summed E-state index contributed by atoms with van der Waals surface area (Å²) >= 11 is 6.09. The molecule has 19 heavy (non-hydrogen) atoms. The normalized spacial score (nSPS) is 17.9. The average Bonchev–Trinajstić information content (AvgIpc) is 2.46. The number of methoxy groups -OCH3 is 1. The molecule has 1 atom stereocenters. The van der Waals surface area contributed by atoms with Crippen molar-refractivity contribution >= 4 is 11.6 Å². The van der Waals surface area contributed by atoms with E-state index in [2.05, 4.69) is 23.5 Å². The summed E-state index contributed by atoms with van der Waals surface area (Å²) in [5.41, 5.74) is 3.87. The van der Waals surface area contributed by atoms with Gasteiger partial charge in [-0.05, 0) is 47.4 Å². The molecule has 1 aliphatic heterocycles. The summed E-state index contributed by atoms with van der Waals surface area (Å²) in [6.45, 7) is 0.970. The molecule has 1 unspecified atom stereocenters. The first-order chi connectivity index (χ1) is 9.28. The van der Waals surface area contributed by atoms with Gasteiger partial charge in [-0.3, -0.25) is 0 Å². The second kappa shape index (κ2) is 5.24. The molecule has 2 nitrogen and oxygen atoms in total. The smallest absolute Gasteiger partial charge is 0.119 e. The molecular weight excluding hydrogens is 258 g/mol. The van der Waals surface area contributed by atoms with Crippen molar-refractivity contribution in [3.8, 4) is 5.75 Å². The van der Waals surface area contributed by atoms with Crippen molar-refractivity contribution in [3.63, 3.8) is 0 Å². The van der Waals surface area contributed by atoms with Gasteiger partial charge < -0.3 is 10.1 Å². The zero-order chi connectivity index (χ0) is 13.2. The molecule has 0 saturated heterocycles. The number of benzene rings is 2. The van der Waals surface area contributed by atoms with E-state index in [1.807, 2.05) is 24.3 Å². The molecule has 0 spiro atoms. The molecule has 0 amide bonds. The molecule has 3 rings (SSSR count). The predicted octanol–water partition coefficient (Wildman–Crippen LogP) is 3.58. The van der Waals surface area contributed by atoms with E-state index in [0.717, 1.165) is 23.7 Å². The van der Waals surface area contributed by atoms with Crippen molar-refractivity contribution in [1.82, 2.24) is 5.32 Å². The highest BCUT2D eigenvalue weighted by molar-refractivity contribution is 6.30. The third-order valence-corrected chi connectivity index (χ3v) is 3.82. The topological polar surface area (TPSA) is 21.3 Å². The fourth-order valence-corrected chi connectivity index (χ4v) is 2.85. The maximum Gasteiger partial charge on any atom is 0.119 e. The quantitative estimate of drug-likeness (QED) is 0.903. The summed E-state index contributed by atoms with van der Waals surface area (Å²) in [4.78, 5) is 0. The minimum Gasteiger partial charge on any atom is -0.497 e. The molecule has 1 aliphatic rings. The Hall–Kier alpha value is -1.51. The number of nitrogens with one attached hydrogen (secondary N) is 1. The summed E-state index contributed by atoms with van der Waals surface area (Å²) in [6, 6.07) is 14.6. The molecule has 98 valence electrons. The minimum atomic E-state index is 0.216. The minimum absolute atomic E-state index is 0.216. The monoisotopic (exact) mass is 273 g/mol. The van der Waals surface area contributed by atoms with Crippen LogP contribution in [-0.2, 0) is 6.42 Å². The molecule has 1 N–H and O–H groups in total. The van der Waals surface area contributed by atoms with E-state index in [0.29, 0.717) is 0 Å². The van der Waals surface area contributed by atoms with Gasteiger partial charge >= 0.3 is 0 Å². The van der Waals surface area contributed by atoms with Crippen LogP contribution in [0.4, 0.5) is 0 Å². The molecule has 0 saturated carbocycles. The van der Waals surface area contributed by atoms with Gasteiger partial charge in [-0.1, -0.05) is 29.8 Å². The summed E-state index contributed by atoms with van der Waals surface area (Å²) in [5.74, 6) is 0.922. The molecule has 2 aromatic rings. The number of hydrogen-bond donors (Lipinski definition) is 1. The first-order valence-corrected chi connectivity index (χ1v) is 6.81. The van der Waals surface area contributed by atoms with Crippen molar-refractivity contribution in [2.75, 3.05) is 13.7 Å². The SMILES string of the molecule is COc1ccc2c(c1)CCNC2c1cccc(Cl)c1. The third kappa shape index (κ3) is 2.46. The van der Waals surface area contributed by atoms with Gasteiger partial charge in [0.05, 0.1) is 13.2 Å². The highest BCUT2D eigenvalue weighted by atomic mass is 35.5. The number of halogens is 1. The fraction of sp³-hybridized carbons (Fsp3) is 0.250. The van der Waals surface area contributed by atoms with Crippen LogP contribution >= 0.6 is 11.6 Å². The van der Waals surface area contributed by atoms with Gasteiger partial charge in [-0.25, -0.2) is 0 Å². The van der Waals surface area contributed by atoms with Gasteiger partial charge in [-0.15, -0.1) is 0 Å². The lowest BCUT2D eigenvalue weighted by molar-refractivity contribution is 0.413. The lowest BCUT2D eigenvalue weighted by Crippen LogP contribution is -2.30. The molecule has 0 radical (unpaired) electrons. The second-order valence-corrected chi connectivity index (χ2v) is 5.19. The maximum atomic E-state index is 6.09. The molecular formula is C16H16ClNO. The Bertz CT molecular complexity index is 597. The molecule has 0 aromatic heterocycles. The van der Waals surface area contributed by atoms with Gasteiger partial charge in [-0.2, -0.15) is 0 Å². The Balaban J connectivity index is 2.03. The van der Waals surface area contributed by atoms with Crippen molar-refractivity contribution in [2.24, 2.45) is 0 Å². The van der Waals surface area contributed by atoms with Crippen LogP contribution in [0, 0.1) is 0 Å². The van der Waals surface area contributed by atoms with Crippen LogP contribution in [0.2, 0.25) is 5.02 Å². The van der Waals surface area contributed by atoms with Crippen LogP contribution in [0.3, 0.4) is 0 Å². The Morgan fingerprint density at radius 3 is 2.89 bits per heavy atom. The number of fused-ring (bicyclic) bond motifs is 1. The Labute approximate surface area is 118 Å². The fourth-order valence-electron chi connectivity index (χ4n) is 2.65. The van der Waals surface area contributed by atoms with Crippen LogP contribution < -0.4 is 10.1 Å². The maximum absolute atomic E-state index is 6.09.